The highest BCUT2D eigenvalue weighted by atomic mass is 79.9. The van der Waals surface area contributed by atoms with Crippen LogP contribution in [0.3, 0.4) is 0 Å². The first-order chi connectivity index (χ1) is 7.74. The Hall–Kier alpha value is -1.14. The zero-order valence-electron chi connectivity index (χ0n) is 8.89. The van der Waals surface area contributed by atoms with Crippen molar-refractivity contribution in [3.63, 3.8) is 0 Å². The molecule has 0 aliphatic carbocycles. The van der Waals surface area contributed by atoms with Crippen LogP contribution in [0.4, 0.5) is 5.82 Å². The van der Waals surface area contributed by atoms with Crippen molar-refractivity contribution in [1.82, 2.24) is 14.6 Å². The van der Waals surface area contributed by atoms with Crippen molar-refractivity contribution >= 4 is 27.3 Å². The van der Waals surface area contributed by atoms with Crippen molar-refractivity contribution in [1.29, 1.82) is 0 Å². The SMILES string of the molecule is CCC(CO)Nc1nccn2nc(Br)cc12. The number of nitrogens with zero attached hydrogens (tertiary/aromatic N) is 3. The number of hydrogen-bond donors (Lipinski definition) is 2. The van der Waals surface area contributed by atoms with Crippen molar-refractivity contribution in [3.8, 4) is 0 Å². The number of rotatable bonds is 4. The van der Waals surface area contributed by atoms with Crippen LogP contribution in [-0.2, 0) is 0 Å². The normalized spacial score (nSPS) is 12.9. The summed E-state index contributed by atoms with van der Waals surface area (Å²) in [4.78, 5) is 4.25. The Kier molecular flexibility index (Phi) is 3.40. The molecule has 0 saturated carbocycles. The van der Waals surface area contributed by atoms with Crippen molar-refractivity contribution in [2.45, 2.75) is 19.4 Å². The average Bonchev–Trinajstić information content (AvgIpc) is 2.67. The number of anilines is 1. The first-order valence-electron chi connectivity index (χ1n) is 5.12. The second kappa shape index (κ2) is 4.80. The van der Waals surface area contributed by atoms with Gasteiger partial charge in [0, 0.05) is 18.5 Å². The first kappa shape index (κ1) is 11.3. The van der Waals surface area contributed by atoms with E-state index in [2.05, 4.69) is 31.3 Å². The summed E-state index contributed by atoms with van der Waals surface area (Å²) in [5, 5.41) is 16.6. The van der Waals surface area contributed by atoms with E-state index in [1.165, 1.54) is 0 Å². The number of aliphatic hydroxyl groups excluding tert-OH is 1. The predicted octanol–water partition coefficient (Wildman–Crippen LogP) is 1.67. The fourth-order valence-electron chi connectivity index (χ4n) is 1.47. The van der Waals surface area contributed by atoms with Crippen LogP contribution in [0.5, 0.6) is 0 Å². The smallest absolute Gasteiger partial charge is 0.152 e. The zero-order valence-corrected chi connectivity index (χ0v) is 10.5. The van der Waals surface area contributed by atoms with Gasteiger partial charge in [-0.2, -0.15) is 5.10 Å². The van der Waals surface area contributed by atoms with Gasteiger partial charge in [0.05, 0.1) is 12.6 Å². The van der Waals surface area contributed by atoms with Gasteiger partial charge < -0.3 is 10.4 Å². The lowest BCUT2D eigenvalue weighted by Gasteiger charge is -2.14. The standard InChI is InChI=1S/C10H13BrN4O/c1-2-7(6-16)13-10-8-5-9(11)14-15(8)4-3-12-10/h3-5,7,16H,2,6H2,1H3,(H,12,13). The molecule has 0 aromatic carbocycles. The van der Waals surface area contributed by atoms with E-state index in [-0.39, 0.29) is 12.6 Å². The van der Waals surface area contributed by atoms with Crippen LogP contribution in [0.2, 0.25) is 0 Å². The van der Waals surface area contributed by atoms with Gasteiger partial charge >= 0.3 is 0 Å². The van der Waals surface area contributed by atoms with Crippen LogP contribution in [0, 0.1) is 0 Å². The number of halogens is 1. The van der Waals surface area contributed by atoms with E-state index in [1.807, 2.05) is 13.0 Å². The average molecular weight is 285 g/mol. The highest BCUT2D eigenvalue weighted by molar-refractivity contribution is 9.10. The molecule has 2 rings (SSSR count). The minimum absolute atomic E-state index is 0.0207. The first-order valence-corrected chi connectivity index (χ1v) is 5.91. The fourth-order valence-corrected chi connectivity index (χ4v) is 1.86. The van der Waals surface area contributed by atoms with E-state index >= 15 is 0 Å². The quantitative estimate of drug-likeness (QED) is 0.897. The summed E-state index contributed by atoms with van der Waals surface area (Å²) in [6, 6.07) is 1.91. The van der Waals surface area contributed by atoms with Gasteiger partial charge in [-0.05, 0) is 22.4 Å². The number of nitrogens with one attached hydrogen (secondary N) is 1. The van der Waals surface area contributed by atoms with Gasteiger partial charge in [0.25, 0.3) is 0 Å². The highest BCUT2D eigenvalue weighted by Crippen LogP contribution is 2.18. The molecule has 86 valence electrons. The summed E-state index contributed by atoms with van der Waals surface area (Å²) in [6.45, 7) is 2.11. The Morgan fingerprint density at radius 1 is 1.62 bits per heavy atom. The van der Waals surface area contributed by atoms with Crippen molar-refractivity contribution in [2.24, 2.45) is 0 Å². The van der Waals surface area contributed by atoms with Gasteiger partial charge in [0.1, 0.15) is 10.1 Å². The van der Waals surface area contributed by atoms with Gasteiger partial charge in [-0.15, -0.1) is 0 Å². The monoisotopic (exact) mass is 284 g/mol. The molecule has 1 unspecified atom stereocenters. The molecular weight excluding hydrogens is 272 g/mol. The van der Waals surface area contributed by atoms with Crippen LogP contribution in [-0.4, -0.2) is 32.4 Å². The molecule has 6 heteroatoms. The Morgan fingerprint density at radius 3 is 3.12 bits per heavy atom. The molecule has 0 spiro atoms. The van der Waals surface area contributed by atoms with Gasteiger partial charge in [-0.25, -0.2) is 9.50 Å². The van der Waals surface area contributed by atoms with E-state index in [9.17, 15) is 0 Å². The lowest BCUT2D eigenvalue weighted by Crippen LogP contribution is -2.23. The molecule has 2 heterocycles. The number of aliphatic hydroxyl groups is 1. The fraction of sp³-hybridized carbons (Fsp3) is 0.400. The molecule has 16 heavy (non-hydrogen) atoms. The third-order valence-electron chi connectivity index (χ3n) is 2.41. The molecule has 0 amide bonds. The largest absolute Gasteiger partial charge is 0.394 e. The summed E-state index contributed by atoms with van der Waals surface area (Å²) in [5.41, 5.74) is 0.890. The molecular formula is C10H13BrN4O. The molecule has 2 aromatic heterocycles. The predicted molar refractivity (Wildman–Crippen MR) is 65.5 cm³/mol. The van der Waals surface area contributed by atoms with Gasteiger partial charge in [-0.1, -0.05) is 6.92 Å². The minimum atomic E-state index is 0.0207. The molecule has 0 saturated heterocycles. The lowest BCUT2D eigenvalue weighted by molar-refractivity contribution is 0.271. The topological polar surface area (TPSA) is 62.5 Å². The van der Waals surface area contributed by atoms with Crippen molar-refractivity contribution in [2.75, 3.05) is 11.9 Å². The van der Waals surface area contributed by atoms with Gasteiger partial charge in [0.2, 0.25) is 0 Å². The molecule has 5 nitrogen and oxygen atoms in total. The molecule has 0 aliphatic heterocycles. The van der Waals surface area contributed by atoms with E-state index in [1.54, 1.807) is 16.9 Å². The van der Waals surface area contributed by atoms with E-state index in [0.717, 1.165) is 22.4 Å². The number of fused-ring (bicyclic) bond motifs is 1. The summed E-state index contributed by atoms with van der Waals surface area (Å²) in [7, 11) is 0. The van der Waals surface area contributed by atoms with E-state index in [4.69, 9.17) is 5.11 Å². The Bertz CT molecular complexity index is 481. The maximum atomic E-state index is 9.14. The Balaban J connectivity index is 2.36. The van der Waals surface area contributed by atoms with E-state index < -0.39 is 0 Å². The zero-order chi connectivity index (χ0) is 11.5. The second-order valence-electron chi connectivity index (χ2n) is 3.50. The highest BCUT2D eigenvalue weighted by Gasteiger charge is 2.09. The molecule has 1 atom stereocenters. The summed E-state index contributed by atoms with van der Waals surface area (Å²) in [5.74, 6) is 0.738. The maximum Gasteiger partial charge on any atom is 0.152 e. The Labute approximate surface area is 102 Å². The van der Waals surface area contributed by atoms with Gasteiger partial charge in [0.15, 0.2) is 5.82 Å². The lowest BCUT2D eigenvalue weighted by atomic mass is 10.2. The summed E-state index contributed by atoms with van der Waals surface area (Å²) in [6.07, 6.45) is 4.30. The Morgan fingerprint density at radius 2 is 2.44 bits per heavy atom. The number of aromatic nitrogens is 3. The molecule has 2 N–H and O–H groups in total. The van der Waals surface area contributed by atoms with Crippen LogP contribution in [0.1, 0.15) is 13.3 Å². The molecule has 0 aliphatic rings. The van der Waals surface area contributed by atoms with Crippen LogP contribution in [0.25, 0.3) is 5.52 Å². The van der Waals surface area contributed by atoms with Crippen LogP contribution >= 0.6 is 15.9 Å². The van der Waals surface area contributed by atoms with Crippen molar-refractivity contribution < 1.29 is 5.11 Å². The molecule has 2 aromatic rings. The molecule has 0 fully saturated rings. The second-order valence-corrected chi connectivity index (χ2v) is 4.32. The third kappa shape index (κ3) is 2.17. The van der Waals surface area contributed by atoms with Crippen LogP contribution in [0.15, 0.2) is 23.1 Å². The number of hydrogen-bond acceptors (Lipinski definition) is 4. The maximum absolute atomic E-state index is 9.14. The molecule has 0 radical (unpaired) electrons. The van der Waals surface area contributed by atoms with E-state index in [0.29, 0.717) is 0 Å². The summed E-state index contributed by atoms with van der Waals surface area (Å²) < 4.78 is 2.50. The minimum Gasteiger partial charge on any atom is -0.394 e. The van der Waals surface area contributed by atoms with Gasteiger partial charge in [-0.3, -0.25) is 0 Å². The molecule has 0 bridgehead atoms. The van der Waals surface area contributed by atoms with Crippen molar-refractivity contribution in [3.05, 3.63) is 23.1 Å². The summed E-state index contributed by atoms with van der Waals surface area (Å²) >= 11 is 3.32. The third-order valence-corrected chi connectivity index (χ3v) is 2.80. The van der Waals surface area contributed by atoms with Crippen LogP contribution < -0.4 is 5.32 Å².